The van der Waals surface area contributed by atoms with Crippen LogP contribution in [0, 0.1) is 10.1 Å². The summed E-state index contributed by atoms with van der Waals surface area (Å²) in [6.45, 7) is 0. The number of nitro benzene ring substituents is 1. The molecule has 0 unspecified atom stereocenters. The van der Waals surface area contributed by atoms with Crippen molar-refractivity contribution in [2.45, 2.75) is 0 Å². The van der Waals surface area contributed by atoms with E-state index in [2.05, 4.69) is 5.32 Å². The third-order valence-corrected chi connectivity index (χ3v) is 3.04. The van der Waals surface area contributed by atoms with Gasteiger partial charge in [0, 0.05) is 22.3 Å². The van der Waals surface area contributed by atoms with Gasteiger partial charge in [-0.3, -0.25) is 19.7 Å². The van der Waals surface area contributed by atoms with Crippen LogP contribution in [-0.4, -0.2) is 16.7 Å². The van der Waals surface area contributed by atoms with E-state index in [1.165, 1.54) is 36.4 Å². The summed E-state index contributed by atoms with van der Waals surface area (Å²) in [5.74, 6) is -1.33. The molecule has 0 aliphatic carbocycles. The number of halogens is 1. The first-order valence-corrected chi connectivity index (χ1v) is 6.41. The number of hydrogen-bond donors (Lipinski definition) is 2. The van der Waals surface area contributed by atoms with Crippen molar-refractivity contribution < 1.29 is 14.5 Å². The first-order chi connectivity index (χ1) is 10.4. The molecule has 8 heteroatoms. The summed E-state index contributed by atoms with van der Waals surface area (Å²) < 4.78 is 0. The molecule has 0 aromatic heterocycles. The topological polar surface area (TPSA) is 115 Å². The Hall–Kier alpha value is -2.93. The average molecular weight is 320 g/mol. The number of hydrogen-bond acceptors (Lipinski definition) is 4. The van der Waals surface area contributed by atoms with Crippen molar-refractivity contribution in [2.75, 3.05) is 5.32 Å². The van der Waals surface area contributed by atoms with Crippen molar-refractivity contribution in [3.05, 3.63) is 68.7 Å². The molecule has 0 aliphatic rings. The maximum Gasteiger partial charge on any atom is 0.283 e. The van der Waals surface area contributed by atoms with Gasteiger partial charge in [0.2, 0.25) is 5.91 Å². The van der Waals surface area contributed by atoms with Crippen LogP contribution in [0.4, 0.5) is 11.4 Å². The zero-order valence-corrected chi connectivity index (χ0v) is 11.8. The van der Waals surface area contributed by atoms with Crippen LogP contribution in [-0.2, 0) is 0 Å². The number of amides is 2. The summed E-state index contributed by atoms with van der Waals surface area (Å²) in [4.78, 5) is 33.5. The second-order valence-electron chi connectivity index (χ2n) is 4.32. The van der Waals surface area contributed by atoms with Gasteiger partial charge in [0.05, 0.1) is 4.92 Å². The fourth-order valence-electron chi connectivity index (χ4n) is 1.80. The average Bonchev–Trinajstić information content (AvgIpc) is 2.47. The Labute approximate surface area is 129 Å². The highest BCUT2D eigenvalue weighted by Gasteiger charge is 2.20. The lowest BCUT2D eigenvalue weighted by Crippen LogP contribution is -2.15. The van der Waals surface area contributed by atoms with Crippen molar-refractivity contribution in [1.29, 1.82) is 0 Å². The standard InChI is InChI=1S/C14H10ClN3O4/c15-9-4-5-11(12(7-9)18(21)22)14(20)17-10-3-1-2-8(6-10)13(16)19/h1-7H,(H2,16,19)(H,17,20). The lowest BCUT2D eigenvalue weighted by molar-refractivity contribution is -0.385. The zero-order valence-electron chi connectivity index (χ0n) is 11.1. The Morgan fingerprint density at radius 2 is 1.91 bits per heavy atom. The van der Waals surface area contributed by atoms with Crippen molar-refractivity contribution in [3.8, 4) is 0 Å². The first-order valence-electron chi connectivity index (χ1n) is 6.03. The minimum atomic E-state index is -0.694. The van der Waals surface area contributed by atoms with Gasteiger partial charge < -0.3 is 11.1 Å². The SMILES string of the molecule is NC(=O)c1cccc(NC(=O)c2ccc(Cl)cc2[N+](=O)[O-])c1. The fourth-order valence-corrected chi connectivity index (χ4v) is 1.96. The number of carbonyl (C=O) groups is 2. The summed E-state index contributed by atoms with van der Waals surface area (Å²) in [7, 11) is 0. The van der Waals surface area contributed by atoms with Gasteiger partial charge in [-0.2, -0.15) is 0 Å². The summed E-state index contributed by atoms with van der Waals surface area (Å²) in [5, 5.41) is 13.6. The summed E-state index contributed by atoms with van der Waals surface area (Å²) in [6.07, 6.45) is 0. The zero-order chi connectivity index (χ0) is 16.3. The Kier molecular flexibility index (Phi) is 4.38. The number of carbonyl (C=O) groups excluding carboxylic acids is 2. The largest absolute Gasteiger partial charge is 0.366 e. The number of nitro groups is 1. The third kappa shape index (κ3) is 3.39. The van der Waals surface area contributed by atoms with E-state index in [0.29, 0.717) is 5.69 Å². The van der Waals surface area contributed by atoms with Gasteiger partial charge in [0.15, 0.2) is 0 Å². The monoisotopic (exact) mass is 319 g/mol. The second-order valence-corrected chi connectivity index (χ2v) is 4.75. The molecule has 2 aromatic carbocycles. The van der Waals surface area contributed by atoms with E-state index in [0.717, 1.165) is 6.07 Å². The molecule has 0 heterocycles. The van der Waals surface area contributed by atoms with Gasteiger partial charge in [-0.1, -0.05) is 17.7 Å². The van der Waals surface area contributed by atoms with Crippen LogP contribution in [0.15, 0.2) is 42.5 Å². The maximum atomic E-state index is 12.2. The summed E-state index contributed by atoms with van der Waals surface area (Å²) in [5.41, 5.74) is 5.11. The molecule has 2 amide bonds. The van der Waals surface area contributed by atoms with Crippen LogP contribution in [0.1, 0.15) is 20.7 Å². The molecule has 0 atom stereocenters. The molecular weight excluding hydrogens is 310 g/mol. The number of anilines is 1. The lowest BCUT2D eigenvalue weighted by Gasteiger charge is -2.07. The van der Waals surface area contributed by atoms with E-state index >= 15 is 0 Å². The maximum absolute atomic E-state index is 12.2. The molecule has 0 aliphatic heterocycles. The van der Waals surface area contributed by atoms with E-state index in [4.69, 9.17) is 17.3 Å². The van der Waals surface area contributed by atoms with Gasteiger partial charge >= 0.3 is 0 Å². The minimum Gasteiger partial charge on any atom is -0.366 e. The number of nitrogens with zero attached hydrogens (tertiary/aromatic N) is 1. The molecule has 0 fully saturated rings. The predicted molar refractivity (Wildman–Crippen MR) is 81.0 cm³/mol. The number of benzene rings is 2. The minimum absolute atomic E-state index is 0.140. The second kappa shape index (κ2) is 6.23. The molecule has 2 rings (SSSR count). The van der Waals surface area contributed by atoms with Crippen molar-refractivity contribution >= 4 is 34.8 Å². The number of nitrogens with one attached hydrogen (secondary N) is 1. The van der Waals surface area contributed by atoms with Crippen LogP contribution in [0.25, 0.3) is 0 Å². The quantitative estimate of drug-likeness (QED) is 0.665. The number of nitrogens with two attached hydrogens (primary N) is 1. The summed E-state index contributed by atoms with van der Waals surface area (Å²) >= 11 is 5.69. The molecule has 0 saturated heterocycles. The first kappa shape index (κ1) is 15.5. The van der Waals surface area contributed by atoms with E-state index < -0.39 is 22.4 Å². The van der Waals surface area contributed by atoms with Crippen LogP contribution in [0.2, 0.25) is 5.02 Å². The normalized spacial score (nSPS) is 10.0. The highest BCUT2D eigenvalue weighted by Crippen LogP contribution is 2.24. The molecule has 0 spiro atoms. The molecule has 0 saturated carbocycles. The van der Waals surface area contributed by atoms with Gasteiger partial charge in [-0.05, 0) is 30.3 Å². The Bertz CT molecular complexity index is 776. The van der Waals surface area contributed by atoms with Gasteiger partial charge in [0.25, 0.3) is 11.6 Å². The van der Waals surface area contributed by atoms with Crippen LogP contribution >= 0.6 is 11.6 Å². The van der Waals surface area contributed by atoms with Crippen molar-refractivity contribution in [1.82, 2.24) is 0 Å². The highest BCUT2D eigenvalue weighted by atomic mass is 35.5. The van der Waals surface area contributed by atoms with E-state index in [-0.39, 0.29) is 16.1 Å². The van der Waals surface area contributed by atoms with E-state index in [9.17, 15) is 19.7 Å². The molecule has 7 nitrogen and oxygen atoms in total. The van der Waals surface area contributed by atoms with Gasteiger partial charge in [0.1, 0.15) is 5.56 Å². The van der Waals surface area contributed by atoms with E-state index in [1.54, 1.807) is 0 Å². The van der Waals surface area contributed by atoms with Crippen LogP contribution < -0.4 is 11.1 Å². The molecule has 0 radical (unpaired) electrons. The van der Waals surface area contributed by atoms with Crippen LogP contribution in [0.3, 0.4) is 0 Å². The number of rotatable bonds is 4. The van der Waals surface area contributed by atoms with Gasteiger partial charge in [-0.15, -0.1) is 0 Å². The molecule has 2 aromatic rings. The molecule has 112 valence electrons. The predicted octanol–water partition coefficient (Wildman–Crippen LogP) is 2.60. The lowest BCUT2D eigenvalue weighted by atomic mass is 10.1. The molecule has 3 N–H and O–H groups in total. The van der Waals surface area contributed by atoms with E-state index in [1.807, 2.05) is 0 Å². The molecule has 22 heavy (non-hydrogen) atoms. The Balaban J connectivity index is 2.32. The smallest absolute Gasteiger partial charge is 0.283 e. The number of primary amides is 1. The van der Waals surface area contributed by atoms with Gasteiger partial charge in [-0.25, -0.2) is 0 Å². The third-order valence-electron chi connectivity index (χ3n) is 2.81. The fraction of sp³-hybridized carbons (Fsp3) is 0. The summed E-state index contributed by atoms with van der Waals surface area (Å²) in [6, 6.07) is 9.66. The Morgan fingerprint density at radius 3 is 2.55 bits per heavy atom. The van der Waals surface area contributed by atoms with Crippen molar-refractivity contribution in [3.63, 3.8) is 0 Å². The van der Waals surface area contributed by atoms with Crippen molar-refractivity contribution in [2.24, 2.45) is 5.73 Å². The van der Waals surface area contributed by atoms with Crippen LogP contribution in [0.5, 0.6) is 0 Å². The Morgan fingerprint density at radius 1 is 1.18 bits per heavy atom. The molecule has 0 bridgehead atoms. The molecular formula is C14H10ClN3O4. The highest BCUT2D eigenvalue weighted by molar-refractivity contribution is 6.31.